The lowest BCUT2D eigenvalue weighted by Crippen LogP contribution is -2.29. The number of aromatic nitrogens is 7. The van der Waals surface area contributed by atoms with E-state index in [-0.39, 0.29) is 47.4 Å². The minimum atomic E-state index is -3.71. The van der Waals surface area contributed by atoms with Gasteiger partial charge < -0.3 is 9.72 Å². The van der Waals surface area contributed by atoms with Gasteiger partial charge in [-0.1, -0.05) is 33.3 Å². The fourth-order valence-corrected chi connectivity index (χ4v) is 7.83. The zero-order valence-corrected chi connectivity index (χ0v) is 27.5. The normalized spacial score (nSPS) is 18.0. The first kappa shape index (κ1) is 30.2. The fourth-order valence-electron chi connectivity index (χ4n) is 5.89. The van der Waals surface area contributed by atoms with Gasteiger partial charge in [-0.15, -0.1) is 5.10 Å². The summed E-state index contributed by atoms with van der Waals surface area (Å²) in [4.78, 5) is 7.80. The van der Waals surface area contributed by atoms with Crippen LogP contribution in [0.3, 0.4) is 0 Å². The maximum absolute atomic E-state index is 15.7. The number of rotatable bonds is 1. The molecule has 3 aromatic heterocycles. The van der Waals surface area contributed by atoms with E-state index < -0.39 is 26.9 Å². The Morgan fingerprint density at radius 1 is 1.09 bits per heavy atom. The van der Waals surface area contributed by atoms with E-state index in [0.29, 0.717) is 33.7 Å². The molecule has 0 saturated heterocycles. The number of halogens is 3. The van der Waals surface area contributed by atoms with Gasteiger partial charge in [0.1, 0.15) is 17.3 Å². The number of benzene rings is 3. The number of sulfone groups is 1. The third kappa shape index (κ3) is 5.28. The van der Waals surface area contributed by atoms with Crippen molar-refractivity contribution in [2.24, 2.45) is 7.05 Å². The summed E-state index contributed by atoms with van der Waals surface area (Å²) in [6.45, 7) is 3.65. The Balaban J connectivity index is 1.45. The lowest BCUT2D eigenvalue weighted by Gasteiger charge is -2.27. The third-order valence-corrected chi connectivity index (χ3v) is 10.7. The number of nitrogens with zero attached hydrogens (tertiary/aromatic N) is 6. The van der Waals surface area contributed by atoms with E-state index in [9.17, 15) is 8.42 Å². The molecule has 4 heterocycles. The maximum atomic E-state index is 15.7. The first-order valence-electron chi connectivity index (χ1n) is 14.4. The largest absolute Gasteiger partial charge is 0.454 e. The van der Waals surface area contributed by atoms with Gasteiger partial charge in [0.2, 0.25) is 0 Å². The van der Waals surface area contributed by atoms with Gasteiger partial charge in [0, 0.05) is 40.2 Å². The topological polar surface area (TPSA) is 121 Å². The van der Waals surface area contributed by atoms with Gasteiger partial charge in [-0.2, -0.15) is 5.10 Å². The van der Waals surface area contributed by atoms with Crippen molar-refractivity contribution in [3.05, 3.63) is 105 Å². The smallest absolute Gasteiger partial charge is 0.168 e. The van der Waals surface area contributed by atoms with Crippen molar-refractivity contribution < 1.29 is 21.9 Å². The van der Waals surface area contributed by atoms with Crippen LogP contribution in [0.4, 0.5) is 8.78 Å². The SMILES string of the molecule is Cc1c2nnn1Cc1c(c(F)cc3[nH]ccc13)Oc1ccc(F)c(c1)-c1nc(nn1C)C(C)(c1cccc(Br)c1)CCS(=O)(=O)C2. The summed E-state index contributed by atoms with van der Waals surface area (Å²) in [5, 5.41) is 13.8. The van der Waals surface area contributed by atoms with Crippen LogP contribution in [0.1, 0.15) is 41.7 Å². The van der Waals surface area contributed by atoms with Crippen molar-refractivity contribution in [1.29, 1.82) is 0 Å². The molecule has 7 rings (SSSR count). The molecule has 1 unspecified atom stereocenters. The van der Waals surface area contributed by atoms with Crippen molar-refractivity contribution in [2.75, 3.05) is 5.75 Å². The second-order valence-electron chi connectivity index (χ2n) is 11.7. The molecule has 3 aromatic carbocycles. The second kappa shape index (κ2) is 11.1. The number of ether oxygens (including phenoxy) is 1. The Bertz CT molecular complexity index is 2260. The van der Waals surface area contributed by atoms with Crippen LogP contribution in [0.15, 0.2) is 65.3 Å². The van der Waals surface area contributed by atoms with Crippen molar-refractivity contribution >= 4 is 36.7 Å². The molecule has 0 amide bonds. The number of fused-ring (bicyclic) bond motifs is 10. The van der Waals surface area contributed by atoms with Gasteiger partial charge in [-0.25, -0.2) is 31.5 Å². The molecule has 1 aliphatic heterocycles. The quantitative estimate of drug-likeness (QED) is 0.211. The summed E-state index contributed by atoms with van der Waals surface area (Å²) in [6, 6.07) is 14.7. The molecule has 236 valence electrons. The fraction of sp³-hybridized carbons (Fsp3) is 0.250. The van der Waals surface area contributed by atoms with Crippen LogP contribution < -0.4 is 4.74 Å². The predicted octanol–water partition coefficient (Wildman–Crippen LogP) is 6.37. The predicted molar refractivity (Wildman–Crippen MR) is 171 cm³/mol. The van der Waals surface area contributed by atoms with Gasteiger partial charge in [0.15, 0.2) is 33.1 Å². The summed E-state index contributed by atoms with van der Waals surface area (Å²) < 4.78 is 68.4. The average molecular weight is 709 g/mol. The molecule has 6 bridgehead atoms. The molecule has 0 spiro atoms. The second-order valence-corrected chi connectivity index (χ2v) is 14.8. The number of aromatic amines is 1. The molecule has 1 aliphatic rings. The van der Waals surface area contributed by atoms with Crippen LogP contribution >= 0.6 is 15.9 Å². The first-order valence-corrected chi connectivity index (χ1v) is 17.1. The van der Waals surface area contributed by atoms with Gasteiger partial charge in [-0.05, 0) is 62.2 Å². The lowest BCUT2D eigenvalue weighted by atomic mass is 9.79. The summed E-state index contributed by atoms with van der Waals surface area (Å²) in [6.07, 6.45) is 1.83. The maximum Gasteiger partial charge on any atom is 0.168 e. The standard InChI is InChI=1S/C32H28BrF2N7O3S/c1-18-28-17-46(43,44)12-10-32(2,19-5-4-6-20(33)13-19)31-37-30(41(3)39-31)23-14-21(7-8-25(23)34)45-29-24(16-42(18)40-38-28)22-9-11-36-27(22)15-26(29)35/h4-9,11,13-15,36H,10,12,16-17H2,1-3H3. The highest BCUT2D eigenvalue weighted by Crippen LogP contribution is 2.39. The zero-order chi connectivity index (χ0) is 32.4. The Morgan fingerprint density at radius 2 is 1.91 bits per heavy atom. The highest BCUT2D eigenvalue weighted by molar-refractivity contribution is 9.10. The average Bonchev–Trinajstić information content (AvgIpc) is 3.73. The first-order chi connectivity index (χ1) is 21.9. The van der Waals surface area contributed by atoms with E-state index in [4.69, 9.17) is 9.72 Å². The molecule has 0 fully saturated rings. The van der Waals surface area contributed by atoms with Crippen LogP contribution in [0.2, 0.25) is 0 Å². The molecule has 6 aromatic rings. The van der Waals surface area contributed by atoms with Crippen molar-refractivity contribution in [2.45, 2.75) is 38.0 Å². The molecule has 0 aliphatic carbocycles. The van der Waals surface area contributed by atoms with E-state index in [1.165, 1.54) is 33.6 Å². The number of hydrogen-bond donors (Lipinski definition) is 1. The lowest BCUT2D eigenvalue weighted by molar-refractivity contribution is 0.433. The van der Waals surface area contributed by atoms with Crippen molar-refractivity contribution in [1.82, 2.24) is 34.7 Å². The van der Waals surface area contributed by atoms with Gasteiger partial charge in [0.05, 0.1) is 34.7 Å². The Hall–Kier alpha value is -4.43. The van der Waals surface area contributed by atoms with Crippen LogP contribution in [0.5, 0.6) is 11.5 Å². The highest BCUT2D eigenvalue weighted by Gasteiger charge is 2.36. The monoisotopic (exact) mass is 707 g/mol. The molecule has 0 saturated carbocycles. The molecular weight excluding hydrogens is 680 g/mol. The summed E-state index contributed by atoms with van der Waals surface area (Å²) >= 11 is 3.52. The molecule has 14 heteroatoms. The molecule has 46 heavy (non-hydrogen) atoms. The number of hydrogen-bond acceptors (Lipinski definition) is 7. The Morgan fingerprint density at radius 3 is 2.72 bits per heavy atom. The number of aryl methyl sites for hydroxylation is 1. The molecular formula is C32H28BrF2N7O3S. The van der Waals surface area contributed by atoms with E-state index in [1.54, 1.807) is 26.2 Å². The van der Waals surface area contributed by atoms with Crippen LogP contribution in [-0.4, -0.2) is 48.9 Å². The third-order valence-electron chi connectivity index (χ3n) is 8.64. The molecule has 1 N–H and O–H groups in total. The minimum absolute atomic E-state index is 0.0436. The van der Waals surface area contributed by atoms with E-state index >= 15 is 8.78 Å². The summed E-state index contributed by atoms with van der Waals surface area (Å²) in [5.74, 6) is -1.13. The molecule has 10 nitrogen and oxygen atoms in total. The number of nitrogens with one attached hydrogen (secondary N) is 1. The van der Waals surface area contributed by atoms with Crippen LogP contribution in [-0.2, 0) is 34.6 Å². The van der Waals surface area contributed by atoms with Crippen molar-refractivity contribution in [3.8, 4) is 22.9 Å². The van der Waals surface area contributed by atoms with Gasteiger partial charge >= 0.3 is 0 Å². The van der Waals surface area contributed by atoms with Crippen LogP contribution in [0, 0.1) is 18.6 Å². The highest BCUT2D eigenvalue weighted by atomic mass is 79.9. The van der Waals surface area contributed by atoms with E-state index in [1.807, 2.05) is 31.2 Å². The van der Waals surface area contributed by atoms with E-state index in [0.717, 1.165) is 10.0 Å². The Labute approximate surface area is 271 Å². The molecule has 1 atom stereocenters. The minimum Gasteiger partial charge on any atom is -0.454 e. The Kier molecular flexibility index (Phi) is 7.31. The zero-order valence-electron chi connectivity index (χ0n) is 25.1. The van der Waals surface area contributed by atoms with Gasteiger partial charge in [0.25, 0.3) is 0 Å². The van der Waals surface area contributed by atoms with E-state index in [2.05, 4.69) is 36.3 Å². The summed E-state index contributed by atoms with van der Waals surface area (Å²) in [7, 11) is -2.07. The number of H-pyrrole nitrogens is 1. The summed E-state index contributed by atoms with van der Waals surface area (Å²) in [5.41, 5.74) is 1.73. The van der Waals surface area contributed by atoms with Crippen LogP contribution in [0.25, 0.3) is 22.3 Å². The van der Waals surface area contributed by atoms with Crippen molar-refractivity contribution in [3.63, 3.8) is 0 Å². The molecule has 0 radical (unpaired) electrons. The van der Waals surface area contributed by atoms with Gasteiger partial charge in [-0.3, -0.25) is 0 Å².